The molecular weight excluding hydrogens is 569 g/mol. The van der Waals surface area contributed by atoms with E-state index in [1.165, 1.54) is 0 Å². The minimum absolute atomic E-state index is 0.00599. The normalized spacial score (nSPS) is 16.1. The highest BCUT2D eigenvalue weighted by Gasteiger charge is 2.36. The number of carbonyl (C=O) groups is 1. The van der Waals surface area contributed by atoms with Gasteiger partial charge < -0.3 is 24.4 Å². The molecule has 0 radical (unpaired) electrons. The SMILES string of the molecule is O=C(C1=C(c2ccc(CCCOc3c(F)ccc(F)c3F)cc2)CCNC1)N(Cc1cc2c(cc1Cl)OCO2)C1CC1. The fourth-order valence-electron chi connectivity index (χ4n) is 5.36. The van der Waals surface area contributed by atoms with E-state index in [2.05, 4.69) is 5.32 Å². The quantitative estimate of drug-likeness (QED) is 0.215. The van der Waals surface area contributed by atoms with Gasteiger partial charge >= 0.3 is 0 Å². The van der Waals surface area contributed by atoms with Gasteiger partial charge in [-0.15, -0.1) is 0 Å². The topological polar surface area (TPSA) is 60.0 Å². The number of aryl methyl sites for hydroxylation is 1. The van der Waals surface area contributed by atoms with Crippen molar-refractivity contribution in [2.45, 2.75) is 44.7 Å². The molecule has 3 aromatic carbocycles. The molecule has 3 aromatic rings. The summed E-state index contributed by atoms with van der Waals surface area (Å²) >= 11 is 6.55. The zero-order valence-electron chi connectivity index (χ0n) is 22.9. The third-order valence-electron chi connectivity index (χ3n) is 7.77. The number of benzene rings is 3. The van der Waals surface area contributed by atoms with E-state index in [0.717, 1.165) is 65.8 Å². The number of carbonyl (C=O) groups excluding carboxylic acids is 1. The lowest BCUT2D eigenvalue weighted by Crippen LogP contribution is -2.39. The summed E-state index contributed by atoms with van der Waals surface area (Å²) in [6, 6.07) is 13.3. The van der Waals surface area contributed by atoms with Crippen LogP contribution in [0.3, 0.4) is 0 Å². The molecule has 6 nitrogen and oxygen atoms in total. The lowest BCUT2D eigenvalue weighted by Gasteiger charge is -2.28. The molecule has 0 aromatic heterocycles. The summed E-state index contributed by atoms with van der Waals surface area (Å²) in [5, 5.41) is 3.89. The summed E-state index contributed by atoms with van der Waals surface area (Å²) in [4.78, 5) is 15.9. The third kappa shape index (κ3) is 6.08. The summed E-state index contributed by atoms with van der Waals surface area (Å²) in [6.45, 7) is 1.84. The van der Waals surface area contributed by atoms with Crippen LogP contribution in [0.1, 0.15) is 42.4 Å². The van der Waals surface area contributed by atoms with Crippen molar-refractivity contribution in [1.29, 1.82) is 0 Å². The second-order valence-corrected chi connectivity index (χ2v) is 11.1. The Morgan fingerprint density at radius 2 is 1.76 bits per heavy atom. The Labute approximate surface area is 247 Å². The molecule has 0 bridgehead atoms. The molecule has 220 valence electrons. The summed E-state index contributed by atoms with van der Waals surface area (Å²) in [7, 11) is 0. The van der Waals surface area contributed by atoms with Gasteiger partial charge in [-0.05, 0) is 79.1 Å². The monoisotopic (exact) mass is 598 g/mol. The molecule has 6 rings (SSSR count). The van der Waals surface area contributed by atoms with Gasteiger partial charge in [0, 0.05) is 35.8 Å². The number of fused-ring (bicyclic) bond motifs is 1. The summed E-state index contributed by atoms with van der Waals surface area (Å²) in [5.41, 5.74) is 4.60. The minimum Gasteiger partial charge on any atom is -0.488 e. The molecule has 0 unspecified atom stereocenters. The molecule has 42 heavy (non-hydrogen) atoms. The van der Waals surface area contributed by atoms with Crippen molar-refractivity contribution in [3.8, 4) is 17.2 Å². The molecule has 0 saturated heterocycles. The van der Waals surface area contributed by atoms with Gasteiger partial charge in [-0.25, -0.2) is 8.78 Å². The zero-order valence-corrected chi connectivity index (χ0v) is 23.6. The average molecular weight is 599 g/mol. The lowest BCUT2D eigenvalue weighted by molar-refractivity contribution is -0.128. The molecule has 1 N–H and O–H groups in total. The van der Waals surface area contributed by atoms with Gasteiger partial charge in [0.25, 0.3) is 5.91 Å². The predicted octanol–water partition coefficient (Wildman–Crippen LogP) is 6.44. The van der Waals surface area contributed by atoms with Gasteiger partial charge in [-0.1, -0.05) is 35.9 Å². The number of hydrogen-bond donors (Lipinski definition) is 1. The van der Waals surface area contributed by atoms with E-state index in [9.17, 15) is 18.0 Å². The van der Waals surface area contributed by atoms with E-state index in [1.54, 1.807) is 6.07 Å². The van der Waals surface area contributed by atoms with Gasteiger partial charge in [-0.2, -0.15) is 4.39 Å². The molecular formula is C32H30ClF3N2O4. The zero-order chi connectivity index (χ0) is 29.2. The molecule has 10 heteroatoms. The summed E-state index contributed by atoms with van der Waals surface area (Å²) in [5.74, 6) is -2.84. The van der Waals surface area contributed by atoms with Crippen molar-refractivity contribution in [3.05, 3.63) is 93.3 Å². The van der Waals surface area contributed by atoms with E-state index < -0.39 is 23.2 Å². The van der Waals surface area contributed by atoms with Gasteiger partial charge in [0.2, 0.25) is 12.6 Å². The van der Waals surface area contributed by atoms with Crippen LogP contribution in [-0.4, -0.2) is 43.3 Å². The van der Waals surface area contributed by atoms with Crippen molar-refractivity contribution >= 4 is 23.1 Å². The van der Waals surface area contributed by atoms with Gasteiger partial charge in [-0.3, -0.25) is 4.79 Å². The Bertz CT molecular complexity index is 1530. The fraction of sp³-hybridized carbons (Fsp3) is 0.344. The average Bonchev–Trinajstić information content (AvgIpc) is 3.75. The van der Waals surface area contributed by atoms with Crippen LogP contribution in [-0.2, 0) is 17.8 Å². The lowest BCUT2D eigenvalue weighted by atomic mass is 9.92. The minimum atomic E-state index is -1.32. The van der Waals surface area contributed by atoms with Gasteiger partial charge in [0.05, 0.1) is 6.61 Å². The van der Waals surface area contributed by atoms with Gasteiger partial charge in [0.15, 0.2) is 28.9 Å². The van der Waals surface area contributed by atoms with E-state index in [-0.39, 0.29) is 25.3 Å². The van der Waals surface area contributed by atoms with Crippen LogP contribution in [0.4, 0.5) is 13.2 Å². The highest BCUT2D eigenvalue weighted by Crippen LogP contribution is 2.39. The van der Waals surface area contributed by atoms with Crippen LogP contribution in [0, 0.1) is 17.5 Å². The molecule has 2 heterocycles. The van der Waals surface area contributed by atoms with Crippen molar-refractivity contribution in [2.75, 3.05) is 26.5 Å². The molecule has 1 aliphatic carbocycles. The Kier molecular flexibility index (Phi) is 8.31. The Hall–Kier alpha value is -3.69. The van der Waals surface area contributed by atoms with Crippen molar-refractivity contribution < 1.29 is 32.2 Å². The number of rotatable bonds is 10. The number of hydrogen-bond acceptors (Lipinski definition) is 5. The van der Waals surface area contributed by atoms with E-state index >= 15 is 0 Å². The highest BCUT2D eigenvalue weighted by molar-refractivity contribution is 6.31. The van der Waals surface area contributed by atoms with Crippen LogP contribution >= 0.6 is 11.6 Å². The Morgan fingerprint density at radius 3 is 2.52 bits per heavy atom. The van der Waals surface area contributed by atoms with Crippen LogP contribution in [0.2, 0.25) is 5.02 Å². The predicted molar refractivity (Wildman–Crippen MR) is 152 cm³/mol. The molecule has 1 fully saturated rings. The number of halogens is 4. The number of nitrogens with zero attached hydrogens (tertiary/aromatic N) is 1. The summed E-state index contributed by atoms with van der Waals surface area (Å²) in [6.07, 6.45) is 3.74. The molecule has 1 saturated carbocycles. The maximum atomic E-state index is 14.0. The largest absolute Gasteiger partial charge is 0.488 e. The van der Waals surface area contributed by atoms with E-state index in [4.69, 9.17) is 25.8 Å². The van der Waals surface area contributed by atoms with E-state index in [1.807, 2.05) is 35.2 Å². The Balaban J connectivity index is 1.14. The first-order chi connectivity index (χ1) is 20.4. The first kappa shape index (κ1) is 28.4. The third-order valence-corrected chi connectivity index (χ3v) is 8.12. The summed E-state index contributed by atoms with van der Waals surface area (Å²) < 4.78 is 57.1. The number of amides is 1. The second-order valence-electron chi connectivity index (χ2n) is 10.7. The number of nitrogens with one attached hydrogen (secondary N) is 1. The maximum absolute atomic E-state index is 14.0. The first-order valence-electron chi connectivity index (χ1n) is 14.1. The van der Waals surface area contributed by atoms with Crippen molar-refractivity contribution in [2.24, 2.45) is 0 Å². The van der Waals surface area contributed by atoms with Crippen LogP contribution < -0.4 is 19.5 Å². The fourth-order valence-corrected chi connectivity index (χ4v) is 5.58. The maximum Gasteiger partial charge on any atom is 0.251 e. The van der Waals surface area contributed by atoms with Crippen molar-refractivity contribution in [1.82, 2.24) is 10.2 Å². The first-order valence-corrected chi connectivity index (χ1v) is 14.4. The van der Waals surface area contributed by atoms with E-state index in [0.29, 0.717) is 42.5 Å². The standard InChI is InChI=1S/C32H30ClF3N2O4/c33-25-15-29-28(41-18-42-29)14-21(25)17-38(22-7-8-22)32(39)24-16-37-12-11-23(24)20-5-3-19(4-6-20)2-1-13-40-31-27(35)10-9-26(34)30(31)36/h3-6,9-10,14-15,22,37H,1-2,7-8,11-13,16-18H2. The van der Waals surface area contributed by atoms with Gasteiger partial charge in [0.1, 0.15) is 0 Å². The molecule has 2 aliphatic heterocycles. The second kappa shape index (κ2) is 12.3. The smallest absolute Gasteiger partial charge is 0.251 e. The molecule has 0 spiro atoms. The van der Waals surface area contributed by atoms with Crippen LogP contribution in [0.15, 0.2) is 54.1 Å². The highest BCUT2D eigenvalue weighted by atomic mass is 35.5. The molecule has 0 atom stereocenters. The van der Waals surface area contributed by atoms with Crippen LogP contribution in [0.5, 0.6) is 17.2 Å². The van der Waals surface area contributed by atoms with Crippen molar-refractivity contribution in [3.63, 3.8) is 0 Å². The molecule has 3 aliphatic rings. The number of ether oxygens (including phenoxy) is 3. The van der Waals surface area contributed by atoms with Crippen LogP contribution in [0.25, 0.3) is 5.57 Å². The molecule has 1 amide bonds. The Morgan fingerprint density at radius 1 is 1.02 bits per heavy atom.